The number of aliphatic carboxylic acids is 1. The predicted octanol–water partition coefficient (Wildman–Crippen LogP) is 3.40. The van der Waals surface area contributed by atoms with Gasteiger partial charge in [0.1, 0.15) is 0 Å². The number of hydrogen-bond acceptors (Lipinski definition) is 4. The van der Waals surface area contributed by atoms with Gasteiger partial charge in [0, 0.05) is 30.1 Å². The highest BCUT2D eigenvalue weighted by Crippen LogP contribution is 2.18. The van der Waals surface area contributed by atoms with Gasteiger partial charge in [0.05, 0.1) is 5.69 Å². The quantitative estimate of drug-likeness (QED) is 0.556. The largest absolute Gasteiger partial charge is 0.502 e. The van der Waals surface area contributed by atoms with Crippen LogP contribution in [0.2, 0.25) is 0 Å². The number of carboxylic acid groups (broad SMARTS) is 1. The third kappa shape index (κ3) is 3.57. The van der Waals surface area contributed by atoms with Crippen molar-refractivity contribution in [3.63, 3.8) is 0 Å². The minimum absolute atomic E-state index is 0.408. The van der Waals surface area contributed by atoms with Gasteiger partial charge < -0.3 is 10.2 Å². The van der Waals surface area contributed by atoms with Gasteiger partial charge in [-0.25, -0.2) is 4.79 Å². The lowest BCUT2D eigenvalue weighted by atomic mass is 10.0. The molecule has 0 radical (unpaired) electrons. The maximum absolute atomic E-state index is 10.6. The molecule has 0 atom stereocenters. The van der Waals surface area contributed by atoms with Gasteiger partial charge in [-0.05, 0) is 35.4 Å². The molecule has 0 bridgehead atoms. The number of fused-ring (bicyclic) bond motifs is 1. The summed E-state index contributed by atoms with van der Waals surface area (Å²) >= 11 is 0. The van der Waals surface area contributed by atoms with E-state index in [9.17, 15) is 9.90 Å². The topological polar surface area (TPSA) is 83.3 Å². The zero-order chi connectivity index (χ0) is 16.9. The van der Waals surface area contributed by atoms with E-state index in [0.29, 0.717) is 5.69 Å². The van der Waals surface area contributed by atoms with E-state index >= 15 is 0 Å². The number of aliphatic hydroxyl groups excluding tert-OH is 1. The van der Waals surface area contributed by atoms with Gasteiger partial charge in [0.25, 0.3) is 0 Å². The first-order valence-electron chi connectivity index (χ1n) is 7.54. The SMILES string of the molecule is O=C(O)/C(O)=C/c1ccc(CCc2cncc3ccccc23)cn1. The molecule has 5 heteroatoms. The number of nitrogens with zero attached hydrogens (tertiary/aromatic N) is 2. The van der Waals surface area contributed by atoms with Crippen molar-refractivity contribution < 1.29 is 15.0 Å². The van der Waals surface area contributed by atoms with Crippen molar-refractivity contribution in [1.82, 2.24) is 9.97 Å². The number of aryl methyl sites for hydroxylation is 2. The van der Waals surface area contributed by atoms with Gasteiger partial charge in [-0.15, -0.1) is 0 Å². The molecule has 120 valence electrons. The van der Waals surface area contributed by atoms with E-state index in [1.54, 1.807) is 12.3 Å². The summed E-state index contributed by atoms with van der Waals surface area (Å²) in [5, 5.41) is 20.2. The van der Waals surface area contributed by atoms with Crippen LogP contribution in [0.5, 0.6) is 0 Å². The van der Waals surface area contributed by atoms with Gasteiger partial charge >= 0.3 is 5.97 Å². The molecule has 2 N–H and O–H groups in total. The fourth-order valence-corrected chi connectivity index (χ4v) is 2.53. The molecule has 2 aromatic heterocycles. The van der Waals surface area contributed by atoms with E-state index in [2.05, 4.69) is 16.0 Å². The molecule has 5 nitrogen and oxygen atoms in total. The van der Waals surface area contributed by atoms with Crippen molar-refractivity contribution in [2.45, 2.75) is 12.8 Å². The Morgan fingerprint density at radius 3 is 2.58 bits per heavy atom. The van der Waals surface area contributed by atoms with E-state index in [-0.39, 0.29) is 0 Å². The molecular weight excluding hydrogens is 304 g/mol. The summed E-state index contributed by atoms with van der Waals surface area (Å²) in [5.74, 6) is -2.10. The van der Waals surface area contributed by atoms with E-state index in [1.807, 2.05) is 36.7 Å². The van der Waals surface area contributed by atoms with Crippen LogP contribution in [0.15, 0.2) is 60.7 Å². The highest BCUT2D eigenvalue weighted by atomic mass is 16.4. The normalized spacial score (nSPS) is 11.6. The van der Waals surface area contributed by atoms with Crippen LogP contribution < -0.4 is 0 Å². The first kappa shape index (κ1) is 15.7. The second kappa shape index (κ2) is 6.91. The molecule has 2 heterocycles. The number of carbonyl (C=O) groups is 1. The number of aliphatic hydroxyl groups is 1. The maximum atomic E-state index is 10.6. The van der Waals surface area contributed by atoms with E-state index in [4.69, 9.17) is 5.11 Å². The Hall–Kier alpha value is -3.21. The lowest BCUT2D eigenvalue weighted by Crippen LogP contribution is -1.99. The molecule has 0 fully saturated rings. The van der Waals surface area contributed by atoms with Gasteiger partial charge in [0.15, 0.2) is 0 Å². The summed E-state index contributed by atoms with van der Waals surface area (Å²) in [5.41, 5.74) is 2.63. The standard InChI is InChI=1S/C19H16N2O3/c22-18(19(23)24)9-16-8-6-13(10-21-16)5-7-15-12-20-11-14-3-1-2-4-17(14)15/h1-4,6,8-12,22H,5,7H2,(H,23,24)/b18-9-. The fraction of sp³-hybridized carbons (Fsp3) is 0.105. The van der Waals surface area contributed by atoms with Crippen molar-refractivity contribution in [2.75, 3.05) is 0 Å². The Morgan fingerprint density at radius 2 is 1.83 bits per heavy atom. The molecule has 0 aliphatic heterocycles. The Labute approximate surface area is 138 Å². The molecule has 0 unspecified atom stereocenters. The van der Waals surface area contributed by atoms with Crippen molar-refractivity contribution in [3.8, 4) is 0 Å². The molecule has 0 aliphatic rings. The molecular formula is C19H16N2O3. The van der Waals surface area contributed by atoms with Gasteiger partial charge in [-0.2, -0.15) is 0 Å². The third-order valence-electron chi connectivity index (χ3n) is 3.79. The molecule has 24 heavy (non-hydrogen) atoms. The summed E-state index contributed by atoms with van der Waals surface area (Å²) < 4.78 is 0. The van der Waals surface area contributed by atoms with Crippen LogP contribution in [0.1, 0.15) is 16.8 Å². The summed E-state index contributed by atoms with van der Waals surface area (Å²) in [6.45, 7) is 0. The second-order valence-corrected chi connectivity index (χ2v) is 5.45. The number of pyridine rings is 2. The van der Waals surface area contributed by atoms with E-state index in [1.165, 1.54) is 10.9 Å². The lowest BCUT2D eigenvalue weighted by Gasteiger charge is -2.06. The highest BCUT2D eigenvalue weighted by Gasteiger charge is 2.05. The van der Waals surface area contributed by atoms with Crippen LogP contribution in [0.4, 0.5) is 0 Å². The van der Waals surface area contributed by atoms with Crippen LogP contribution in [0.3, 0.4) is 0 Å². The monoisotopic (exact) mass is 320 g/mol. The number of hydrogen-bond donors (Lipinski definition) is 2. The highest BCUT2D eigenvalue weighted by molar-refractivity contribution is 5.88. The van der Waals surface area contributed by atoms with Crippen LogP contribution in [0, 0.1) is 0 Å². The van der Waals surface area contributed by atoms with E-state index in [0.717, 1.165) is 29.9 Å². The van der Waals surface area contributed by atoms with Crippen molar-refractivity contribution in [3.05, 3.63) is 77.6 Å². The first-order valence-corrected chi connectivity index (χ1v) is 7.54. The Balaban J connectivity index is 1.73. The number of aromatic nitrogens is 2. The van der Waals surface area contributed by atoms with Gasteiger partial charge in [-0.3, -0.25) is 9.97 Å². The van der Waals surface area contributed by atoms with Gasteiger partial charge in [-0.1, -0.05) is 30.3 Å². The Bertz CT molecular complexity index is 897. The minimum Gasteiger partial charge on any atom is -0.502 e. The first-order chi connectivity index (χ1) is 11.6. The number of rotatable bonds is 5. The molecule has 3 rings (SSSR count). The third-order valence-corrected chi connectivity index (χ3v) is 3.79. The van der Waals surface area contributed by atoms with Crippen LogP contribution in [0.25, 0.3) is 16.8 Å². The lowest BCUT2D eigenvalue weighted by molar-refractivity contribution is -0.135. The van der Waals surface area contributed by atoms with Crippen LogP contribution in [-0.4, -0.2) is 26.2 Å². The zero-order valence-corrected chi connectivity index (χ0v) is 12.9. The smallest absolute Gasteiger partial charge is 0.371 e. The second-order valence-electron chi connectivity index (χ2n) is 5.45. The zero-order valence-electron chi connectivity index (χ0n) is 12.9. The van der Waals surface area contributed by atoms with Gasteiger partial charge in [0.2, 0.25) is 5.76 Å². The number of benzene rings is 1. The van der Waals surface area contributed by atoms with E-state index < -0.39 is 11.7 Å². The van der Waals surface area contributed by atoms with Crippen molar-refractivity contribution in [2.24, 2.45) is 0 Å². The molecule has 0 saturated carbocycles. The molecule has 0 amide bonds. The molecule has 3 aromatic rings. The molecule has 1 aromatic carbocycles. The minimum atomic E-state index is -1.37. The van der Waals surface area contributed by atoms with Crippen LogP contribution in [-0.2, 0) is 17.6 Å². The summed E-state index contributed by atoms with van der Waals surface area (Å²) in [6, 6.07) is 11.7. The summed E-state index contributed by atoms with van der Waals surface area (Å²) in [4.78, 5) is 19.0. The maximum Gasteiger partial charge on any atom is 0.371 e. The molecule has 0 spiro atoms. The van der Waals surface area contributed by atoms with Crippen molar-refractivity contribution in [1.29, 1.82) is 0 Å². The van der Waals surface area contributed by atoms with Crippen molar-refractivity contribution >= 4 is 22.8 Å². The predicted molar refractivity (Wildman–Crippen MR) is 91.6 cm³/mol. The summed E-state index contributed by atoms with van der Waals surface area (Å²) in [6.07, 6.45) is 8.21. The number of carboxylic acids is 1. The average Bonchev–Trinajstić information content (AvgIpc) is 2.61. The molecule has 0 aliphatic carbocycles. The average molecular weight is 320 g/mol. The molecule has 0 saturated heterocycles. The fourth-order valence-electron chi connectivity index (χ4n) is 2.53. The Morgan fingerprint density at radius 1 is 1.00 bits per heavy atom. The Kier molecular flexibility index (Phi) is 4.52. The summed E-state index contributed by atoms with van der Waals surface area (Å²) in [7, 11) is 0. The van der Waals surface area contributed by atoms with Crippen LogP contribution >= 0.6 is 0 Å².